The Morgan fingerprint density at radius 3 is 2.44 bits per heavy atom. The Balaban J connectivity index is 2.37. The molecule has 2 aromatic carbocycles. The van der Waals surface area contributed by atoms with Crippen LogP contribution in [0.25, 0.3) is 0 Å². The Hall–Kier alpha value is -3.74. The van der Waals surface area contributed by atoms with Gasteiger partial charge in [-0.15, -0.1) is 0 Å². The molecule has 32 heavy (non-hydrogen) atoms. The third kappa shape index (κ3) is 6.14. The summed E-state index contributed by atoms with van der Waals surface area (Å²) in [6, 6.07) is 5.11. The Kier molecular flexibility index (Phi) is 8.46. The average molecular weight is 449 g/mol. The molecule has 0 amide bonds. The number of rotatable bonds is 8. The van der Waals surface area contributed by atoms with Crippen LogP contribution < -0.4 is 15.4 Å². The topological polar surface area (TPSA) is 84.2 Å². The van der Waals surface area contributed by atoms with Crippen molar-refractivity contribution < 1.29 is 22.3 Å². The van der Waals surface area contributed by atoms with Crippen molar-refractivity contribution in [2.45, 2.75) is 26.8 Å². The van der Waals surface area contributed by atoms with Crippen molar-refractivity contribution in [1.29, 1.82) is 10.7 Å². The molecule has 0 aliphatic carbocycles. The fourth-order valence-electron chi connectivity index (χ4n) is 2.97. The number of nitrogens with zero attached hydrogens (tertiary/aromatic N) is 2. The van der Waals surface area contributed by atoms with Gasteiger partial charge in [0, 0.05) is 18.0 Å². The minimum atomic E-state index is -1.62. The van der Waals surface area contributed by atoms with E-state index in [2.05, 4.69) is 10.6 Å². The fourth-order valence-corrected chi connectivity index (χ4v) is 2.97. The Labute approximate surface area is 183 Å². The van der Waals surface area contributed by atoms with Crippen molar-refractivity contribution in [1.82, 2.24) is 10.2 Å². The van der Waals surface area contributed by atoms with E-state index >= 15 is 0 Å². The predicted molar refractivity (Wildman–Crippen MR) is 113 cm³/mol. The normalized spacial score (nSPS) is 11.0. The van der Waals surface area contributed by atoms with Crippen molar-refractivity contribution in [2.75, 3.05) is 19.0 Å². The molecular formula is C22H23F4N5O. The van der Waals surface area contributed by atoms with Gasteiger partial charge in [0.05, 0.1) is 20.2 Å². The van der Waals surface area contributed by atoms with E-state index in [0.29, 0.717) is 11.4 Å². The number of methoxy groups -OCH3 is 1. The molecule has 0 fully saturated rings. The van der Waals surface area contributed by atoms with Crippen LogP contribution in [0.1, 0.15) is 23.6 Å². The Morgan fingerprint density at radius 2 is 1.88 bits per heavy atom. The summed E-state index contributed by atoms with van der Waals surface area (Å²) in [4.78, 5) is 1.04. The van der Waals surface area contributed by atoms with Crippen molar-refractivity contribution in [3.63, 3.8) is 0 Å². The highest BCUT2D eigenvalue weighted by molar-refractivity contribution is 5.93. The minimum absolute atomic E-state index is 0.0270. The zero-order valence-electron chi connectivity index (χ0n) is 17.8. The SMILES string of the molecule is CCc1cc(C)c(NC(=N)N(/C=C(/F)CNC#N)Cc2cc(F)c(F)c(F)c2)cc1OC. The lowest BCUT2D eigenvalue weighted by Crippen LogP contribution is -2.32. The van der Waals surface area contributed by atoms with E-state index in [1.165, 1.54) is 7.11 Å². The summed E-state index contributed by atoms with van der Waals surface area (Å²) in [5.41, 5.74) is 2.24. The number of nitriles is 1. The monoisotopic (exact) mass is 449 g/mol. The van der Waals surface area contributed by atoms with Crippen molar-refractivity contribution in [3.8, 4) is 11.9 Å². The minimum Gasteiger partial charge on any atom is -0.496 e. The van der Waals surface area contributed by atoms with Gasteiger partial charge in [0.2, 0.25) is 0 Å². The van der Waals surface area contributed by atoms with Gasteiger partial charge >= 0.3 is 0 Å². The smallest absolute Gasteiger partial charge is 0.200 e. The van der Waals surface area contributed by atoms with Crippen LogP contribution in [0.15, 0.2) is 36.3 Å². The standard InChI is InChI=1S/C22H23F4N5O/c1-4-15-5-13(2)19(8-20(15)32-3)30-22(28)31(11-16(23)9-29-12-27)10-14-6-17(24)21(26)18(25)7-14/h5-8,11,29H,4,9-10H2,1-3H3,(H2,28,30)/b16-11+. The van der Waals surface area contributed by atoms with Gasteiger partial charge in [-0.05, 0) is 42.2 Å². The lowest BCUT2D eigenvalue weighted by atomic mass is 10.1. The summed E-state index contributed by atoms with van der Waals surface area (Å²) in [5.74, 6) is -4.94. The first-order valence-electron chi connectivity index (χ1n) is 9.61. The maximum absolute atomic E-state index is 14.2. The molecule has 10 heteroatoms. The first-order valence-corrected chi connectivity index (χ1v) is 9.61. The predicted octanol–water partition coefficient (Wildman–Crippen LogP) is 4.71. The molecule has 3 N–H and O–H groups in total. The maximum atomic E-state index is 14.2. The van der Waals surface area contributed by atoms with Crippen LogP contribution in [-0.2, 0) is 13.0 Å². The summed E-state index contributed by atoms with van der Waals surface area (Å²) < 4.78 is 60.1. The summed E-state index contributed by atoms with van der Waals surface area (Å²) >= 11 is 0. The molecule has 0 saturated heterocycles. The number of halogens is 4. The molecule has 0 radical (unpaired) electrons. The third-order valence-electron chi connectivity index (χ3n) is 4.58. The number of nitrogens with one attached hydrogen (secondary N) is 3. The number of benzene rings is 2. The molecule has 0 saturated carbocycles. The lowest BCUT2D eigenvalue weighted by molar-refractivity contribution is 0.410. The van der Waals surface area contributed by atoms with Gasteiger partial charge in [-0.2, -0.15) is 5.26 Å². The lowest BCUT2D eigenvalue weighted by Gasteiger charge is -2.24. The molecule has 2 aromatic rings. The quantitative estimate of drug-likeness (QED) is 0.136. The zero-order valence-corrected chi connectivity index (χ0v) is 17.8. The van der Waals surface area contributed by atoms with Crippen LogP contribution in [-0.4, -0.2) is 24.5 Å². The second kappa shape index (κ2) is 11.0. The summed E-state index contributed by atoms with van der Waals surface area (Å²) in [5, 5.41) is 21.9. The van der Waals surface area contributed by atoms with Crippen LogP contribution in [0.5, 0.6) is 5.75 Å². The molecule has 0 aliphatic heterocycles. The second-order valence-electron chi connectivity index (χ2n) is 6.85. The first kappa shape index (κ1) is 24.5. The van der Waals surface area contributed by atoms with E-state index in [1.54, 1.807) is 12.3 Å². The van der Waals surface area contributed by atoms with Gasteiger partial charge in [-0.3, -0.25) is 5.41 Å². The van der Waals surface area contributed by atoms with Gasteiger partial charge in [0.25, 0.3) is 0 Å². The Morgan fingerprint density at radius 1 is 1.22 bits per heavy atom. The number of hydrogen-bond donors (Lipinski definition) is 3. The van der Waals surface area contributed by atoms with Crippen molar-refractivity contribution >= 4 is 11.6 Å². The second-order valence-corrected chi connectivity index (χ2v) is 6.85. The highest BCUT2D eigenvalue weighted by atomic mass is 19.2. The van der Waals surface area contributed by atoms with Crippen LogP contribution in [0.3, 0.4) is 0 Å². The van der Waals surface area contributed by atoms with E-state index in [1.807, 2.05) is 19.9 Å². The van der Waals surface area contributed by atoms with Crippen LogP contribution >= 0.6 is 0 Å². The van der Waals surface area contributed by atoms with Crippen LogP contribution in [0, 0.1) is 41.2 Å². The van der Waals surface area contributed by atoms with E-state index in [4.69, 9.17) is 15.4 Å². The zero-order chi connectivity index (χ0) is 23.8. The van der Waals surface area contributed by atoms with Crippen molar-refractivity contribution in [2.24, 2.45) is 0 Å². The number of hydrogen-bond acceptors (Lipinski definition) is 4. The van der Waals surface area contributed by atoms with Crippen LogP contribution in [0.2, 0.25) is 0 Å². The molecule has 6 nitrogen and oxygen atoms in total. The molecule has 0 unspecified atom stereocenters. The summed E-state index contributed by atoms with van der Waals surface area (Å²) in [6.07, 6.45) is 3.21. The third-order valence-corrected chi connectivity index (χ3v) is 4.58. The first-order chi connectivity index (χ1) is 15.2. The number of ether oxygens (including phenoxy) is 1. The molecule has 0 atom stereocenters. The van der Waals surface area contributed by atoms with Gasteiger partial charge in [-0.1, -0.05) is 13.0 Å². The highest BCUT2D eigenvalue weighted by Gasteiger charge is 2.17. The average Bonchev–Trinajstić information content (AvgIpc) is 2.76. The molecule has 170 valence electrons. The highest BCUT2D eigenvalue weighted by Crippen LogP contribution is 2.28. The molecule has 0 aromatic heterocycles. The molecule has 0 spiro atoms. The number of aryl methyl sites for hydroxylation is 2. The Bertz CT molecular complexity index is 1040. The molecule has 2 rings (SSSR count). The maximum Gasteiger partial charge on any atom is 0.200 e. The van der Waals surface area contributed by atoms with Crippen molar-refractivity contribution in [3.05, 3.63) is 70.4 Å². The molecule has 0 aliphatic rings. The molecule has 0 bridgehead atoms. The molecular weight excluding hydrogens is 426 g/mol. The van der Waals surface area contributed by atoms with Gasteiger partial charge in [0.1, 0.15) is 11.6 Å². The number of anilines is 1. The van der Waals surface area contributed by atoms with Gasteiger partial charge in [-0.25, -0.2) is 17.6 Å². The van der Waals surface area contributed by atoms with E-state index in [0.717, 1.165) is 40.8 Å². The van der Waals surface area contributed by atoms with Gasteiger partial charge < -0.3 is 20.3 Å². The van der Waals surface area contributed by atoms with E-state index < -0.39 is 29.8 Å². The van der Waals surface area contributed by atoms with E-state index in [9.17, 15) is 17.6 Å². The van der Waals surface area contributed by atoms with Crippen LogP contribution in [0.4, 0.5) is 23.2 Å². The molecule has 0 heterocycles. The number of guanidine groups is 1. The fraction of sp³-hybridized carbons (Fsp3) is 0.273. The van der Waals surface area contributed by atoms with E-state index in [-0.39, 0.29) is 18.1 Å². The summed E-state index contributed by atoms with van der Waals surface area (Å²) in [6.45, 7) is 3.00. The van der Waals surface area contributed by atoms with Gasteiger partial charge in [0.15, 0.2) is 29.6 Å². The largest absolute Gasteiger partial charge is 0.496 e. The summed E-state index contributed by atoms with van der Waals surface area (Å²) in [7, 11) is 1.52.